The largest absolute Gasteiger partial charge is 0.478 e. The maximum absolute atomic E-state index is 13.0. The van der Waals surface area contributed by atoms with Gasteiger partial charge in [0.1, 0.15) is 11.6 Å². The monoisotopic (exact) mass is 796 g/mol. The van der Waals surface area contributed by atoms with Crippen molar-refractivity contribution in [1.82, 2.24) is 10.2 Å². The van der Waals surface area contributed by atoms with E-state index in [4.69, 9.17) is 5.11 Å². The summed E-state index contributed by atoms with van der Waals surface area (Å²) >= 11 is 0. The number of hydrogen-bond donors (Lipinski definition) is 2. The molecular formula is C52H64N2O5. The lowest BCUT2D eigenvalue weighted by atomic mass is 9.70. The molecule has 0 radical (unpaired) electrons. The Morgan fingerprint density at radius 3 is 1.31 bits per heavy atom. The van der Waals surface area contributed by atoms with Crippen molar-refractivity contribution in [3.63, 3.8) is 0 Å². The fraction of sp³-hybridized carbons (Fsp3) is 0.462. The number of hydrogen-bond acceptors (Lipinski definition) is 5. The number of carboxylic acid groups (broad SMARTS) is 1. The first-order valence-electron chi connectivity index (χ1n) is 22.2. The van der Waals surface area contributed by atoms with Crippen LogP contribution in [0.3, 0.4) is 0 Å². The van der Waals surface area contributed by atoms with Crippen LogP contribution in [0, 0.1) is 0 Å². The van der Waals surface area contributed by atoms with Crippen LogP contribution in [0.25, 0.3) is 0 Å². The number of ketones is 2. The van der Waals surface area contributed by atoms with Gasteiger partial charge in [0.2, 0.25) is 0 Å². The number of amides is 1. The molecule has 312 valence electrons. The fourth-order valence-electron chi connectivity index (χ4n) is 10.00. The van der Waals surface area contributed by atoms with Crippen molar-refractivity contribution in [2.24, 2.45) is 0 Å². The third-order valence-corrected chi connectivity index (χ3v) is 13.8. The van der Waals surface area contributed by atoms with Gasteiger partial charge >= 0.3 is 5.97 Å². The molecule has 0 unspecified atom stereocenters. The van der Waals surface area contributed by atoms with Crippen LogP contribution in [0.5, 0.6) is 0 Å². The first kappa shape index (κ1) is 43.7. The summed E-state index contributed by atoms with van der Waals surface area (Å²) in [4.78, 5) is 50.1. The molecule has 7 heteroatoms. The average molecular weight is 797 g/mol. The first-order valence-corrected chi connectivity index (χ1v) is 22.2. The van der Waals surface area contributed by atoms with E-state index in [-0.39, 0.29) is 17.1 Å². The molecule has 2 aliphatic heterocycles. The zero-order chi connectivity index (χ0) is 41.7. The van der Waals surface area contributed by atoms with Crippen molar-refractivity contribution < 1.29 is 24.3 Å². The molecule has 0 bridgehead atoms. The number of benzene rings is 4. The molecule has 1 amide bonds. The number of Topliss-reactive ketones (excluding diaryl/α,β-unsaturated/α-hetero) is 2. The summed E-state index contributed by atoms with van der Waals surface area (Å²) < 4.78 is 0. The normalized spacial score (nSPS) is 19.2. The van der Waals surface area contributed by atoms with Crippen LogP contribution in [-0.4, -0.2) is 59.6 Å². The standard InChI is InChI=1S/C26H31NO2.C13H17NO.C13H16O2/c1-20(28)26(24-10-6-3-7-11-24)16-18-27(19-17-26)25(29)23-14-12-22(13-15-23)21-8-4-2-5-9-21;1-11(15)13(7-9-14-10-8-13)12-5-3-2-4-6-12;14-13(15)12-8-6-11(7-9-12)10-4-2-1-3-5-10/h3,6-7,10-15,21H,2,4-5,8-9,16-19H2,1H3;2-6,14H,7-10H2,1H3;6-10H,1-5H2,(H,14,15). The smallest absolute Gasteiger partial charge is 0.335 e. The first-order chi connectivity index (χ1) is 28.6. The van der Waals surface area contributed by atoms with Gasteiger partial charge in [-0.3, -0.25) is 14.4 Å². The Morgan fingerprint density at radius 1 is 0.525 bits per heavy atom. The number of carbonyl (C=O) groups excluding carboxylic acids is 3. The molecule has 4 aliphatic rings. The van der Waals surface area contributed by atoms with Gasteiger partial charge < -0.3 is 15.3 Å². The van der Waals surface area contributed by atoms with E-state index in [1.54, 1.807) is 26.0 Å². The highest BCUT2D eigenvalue weighted by Crippen LogP contribution is 2.38. The quantitative estimate of drug-likeness (QED) is 0.184. The molecule has 4 aromatic carbocycles. The van der Waals surface area contributed by atoms with E-state index >= 15 is 0 Å². The molecule has 2 saturated carbocycles. The molecule has 2 saturated heterocycles. The zero-order valence-electron chi connectivity index (χ0n) is 35.3. The summed E-state index contributed by atoms with van der Waals surface area (Å²) in [5, 5.41) is 12.1. The van der Waals surface area contributed by atoms with Crippen LogP contribution in [0.4, 0.5) is 0 Å². The summed E-state index contributed by atoms with van der Waals surface area (Å²) in [6.07, 6.45) is 16.2. The number of likely N-dealkylation sites (tertiary alicyclic amines) is 1. The molecule has 8 rings (SSSR count). The number of carbonyl (C=O) groups is 4. The SMILES string of the molecule is CC(=O)C1(c2ccccc2)CCN(C(=O)c2ccc(C3CCCCC3)cc2)CC1.CC(=O)C1(c2ccccc2)CCNCC1.O=C(O)c1ccc(C2CCCCC2)cc1. The molecule has 0 spiro atoms. The van der Waals surface area contributed by atoms with Crippen molar-refractivity contribution >= 4 is 23.4 Å². The average Bonchev–Trinajstić information content (AvgIpc) is 3.30. The number of nitrogens with one attached hydrogen (secondary N) is 1. The summed E-state index contributed by atoms with van der Waals surface area (Å²) in [6.45, 7) is 6.53. The lowest BCUT2D eigenvalue weighted by molar-refractivity contribution is -0.124. The highest BCUT2D eigenvalue weighted by molar-refractivity contribution is 5.95. The Kier molecular flexibility index (Phi) is 15.5. The summed E-state index contributed by atoms with van der Waals surface area (Å²) in [6, 6.07) is 35.9. The molecule has 0 atom stereocenters. The number of aromatic carboxylic acids is 1. The van der Waals surface area contributed by atoms with E-state index in [0.29, 0.717) is 49.1 Å². The minimum atomic E-state index is -0.842. The molecule has 2 N–H and O–H groups in total. The van der Waals surface area contributed by atoms with Gasteiger partial charge in [0, 0.05) is 18.7 Å². The van der Waals surface area contributed by atoms with E-state index in [1.165, 1.54) is 80.9 Å². The number of nitrogens with zero attached hydrogens (tertiary/aromatic N) is 1. The van der Waals surface area contributed by atoms with Gasteiger partial charge in [-0.25, -0.2) is 4.79 Å². The molecule has 4 fully saturated rings. The maximum atomic E-state index is 13.0. The molecule has 0 aromatic heterocycles. The second-order valence-electron chi connectivity index (χ2n) is 17.3. The van der Waals surface area contributed by atoms with E-state index in [0.717, 1.165) is 37.1 Å². The van der Waals surface area contributed by atoms with E-state index in [2.05, 4.69) is 29.6 Å². The van der Waals surface area contributed by atoms with E-state index in [1.807, 2.05) is 77.7 Å². The second-order valence-corrected chi connectivity index (χ2v) is 17.3. The number of rotatable bonds is 8. The predicted octanol–water partition coefficient (Wildman–Crippen LogP) is 10.8. The van der Waals surface area contributed by atoms with Gasteiger partial charge in [-0.2, -0.15) is 0 Å². The lowest BCUT2D eigenvalue weighted by Gasteiger charge is -2.40. The highest BCUT2D eigenvalue weighted by atomic mass is 16.4. The Labute approximate surface area is 352 Å². The Bertz CT molecular complexity index is 1950. The minimum absolute atomic E-state index is 0.0883. The van der Waals surface area contributed by atoms with Gasteiger partial charge in [-0.15, -0.1) is 0 Å². The van der Waals surface area contributed by atoms with Crippen LogP contribution in [-0.2, 0) is 20.4 Å². The second kappa shape index (κ2) is 20.9. The zero-order valence-corrected chi connectivity index (χ0v) is 35.3. The van der Waals surface area contributed by atoms with Gasteiger partial charge in [-0.05, 0) is 137 Å². The van der Waals surface area contributed by atoms with Crippen LogP contribution in [0.2, 0.25) is 0 Å². The topological polar surface area (TPSA) is 104 Å². The number of piperidine rings is 2. The third-order valence-electron chi connectivity index (χ3n) is 13.8. The molecule has 59 heavy (non-hydrogen) atoms. The van der Waals surface area contributed by atoms with Crippen molar-refractivity contribution in [1.29, 1.82) is 0 Å². The van der Waals surface area contributed by atoms with Gasteiger partial charge in [0.25, 0.3) is 5.91 Å². The van der Waals surface area contributed by atoms with Crippen LogP contribution in [0.15, 0.2) is 109 Å². The minimum Gasteiger partial charge on any atom is -0.478 e. The molecule has 2 aliphatic carbocycles. The van der Waals surface area contributed by atoms with Crippen molar-refractivity contribution in [3.05, 3.63) is 143 Å². The Hall–Kier alpha value is -4.88. The number of carboxylic acids is 1. The summed E-state index contributed by atoms with van der Waals surface area (Å²) in [5.41, 5.74) is 5.40. The molecule has 4 aromatic rings. The van der Waals surface area contributed by atoms with Gasteiger partial charge in [0.05, 0.1) is 16.4 Å². The van der Waals surface area contributed by atoms with Gasteiger partial charge in [0.15, 0.2) is 0 Å². The molecule has 7 nitrogen and oxygen atoms in total. The summed E-state index contributed by atoms with van der Waals surface area (Å²) in [7, 11) is 0. The van der Waals surface area contributed by atoms with E-state index < -0.39 is 11.4 Å². The van der Waals surface area contributed by atoms with Crippen LogP contribution in [0.1, 0.15) is 159 Å². The van der Waals surface area contributed by atoms with Crippen molar-refractivity contribution in [3.8, 4) is 0 Å². The Morgan fingerprint density at radius 2 is 0.915 bits per heavy atom. The predicted molar refractivity (Wildman–Crippen MR) is 236 cm³/mol. The van der Waals surface area contributed by atoms with Crippen LogP contribution >= 0.6 is 0 Å². The summed E-state index contributed by atoms with van der Waals surface area (Å²) in [5.74, 6) is 1.06. The van der Waals surface area contributed by atoms with E-state index in [9.17, 15) is 19.2 Å². The van der Waals surface area contributed by atoms with Gasteiger partial charge in [-0.1, -0.05) is 123 Å². The Balaban J connectivity index is 0.000000164. The molecule has 2 heterocycles. The fourth-order valence-corrected chi connectivity index (χ4v) is 10.00. The third kappa shape index (κ3) is 10.8. The maximum Gasteiger partial charge on any atom is 0.335 e. The molecular weight excluding hydrogens is 733 g/mol. The van der Waals surface area contributed by atoms with Crippen molar-refractivity contribution in [2.45, 2.75) is 126 Å². The lowest BCUT2D eigenvalue weighted by Crippen LogP contribution is -2.48. The van der Waals surface area contributed by atoms with Crippen LogP contribution < -0.4 is 5.32 Å². The highest BCUT2D eigenvalue weighted by Gasteiger charge is 2.41. The van der Waals surface area contributed by atoms with Crippen molar-refractivity contribution in [2.75, 3.05) is 26.2 Å².